The third-order valence-electron chi connectivity index (χ3n) is 9.69. The van der Waals surface area contributed by atoms with Gasteiger partial charge in [0, 0.05) is 12.8 Å². The standard InChI is InChI=1S/C26H36O2/c1-25-14-12-20(27)16-19(25)8-9-21-22-10-11-24(26(22,2)15-13-23(21)25)28-17-18-6-4-3-5-7-18/h3-7,19,21-24H,8-17H2,1-2H3/t19-,21?,22?,23?,24?,25-,26-/m0/s1. The monoisotopic (exact) mass is 380 g/mol. The van der Waals surface area contributed by atoms with Crippen molar-refractivity contribution >= 4 is 5.78 Å². The molecule has 5 rings (SSSR count). The number of benzene rings is 1. The fourth-order valence-corrected chi connectivity index (χ4v) is 8.04. The molecule has 2 nitrogen and oxygen atoms in total. The first-order chi connectivity index (χ1) is 13.5. The number of ketones is 1. The first-order valence-electron chi connectivity index (χ1n) is 11.7. The van der Waals surface area contributed by atoms with Crippen LogP contribution in [-0.4, -0.2) is 11.9 Å². The van der Waals surface area contributed by atoms with Gasteiger partial charge in [-0.3, -0.25) is 4.79 Å². The number of fused-ring (bicyclic) bond motifs is 5. The molecule has 0 bridgehead atoms. The average molecular weight is 381 g/mol. The zero-order valence-electron chi connectivity index (χ0n) is 17.7. The molecule has 4 aliphatic rings. The summed E-state index contributed by atoms with van der Waals surface area (Å²) in [6, 6.07) is 10.7. The minimum Gasteiger partial charge on any atom is -0.373 e. The van der Waals surface area contributed by atoms with Crippen molar-refractivity contribution < 1.29 is 9.53 Å². The second-order valence-corrected chi connectivity index (χ2v) is 10.8. The topological polar surface area (TPSA) is 26.3 Å². The zero-order valence-corrected chi connectivity index (χ0v) is 17.7. The average Bonchev–Trinajstić information content (AvgIpc) is 3.04. The highest BCUT2D eigenvalue weighted by molar-refractivity contribution is 5.79. The van der Waals surface area contributed by atoms with Gasteiger partial charge in [0.2, 0.25) is 0 Å². The molecule has 0 N–H and O–H groups in total. The van der Waals surface area contributed by atoms with Crippen LogP contribution in [0.3, 0.4) is 0 Å². The Balaban J connectivity index is 1.32. The highest BCUT2D eigenvalue weighted by Gasteiger charge is 2.60. The predicted octanol–water partition coefficient (Wildman–Crippen LogP) is 6.18. The Morgan fingerprint density at radius 1 is 0.929 bits per heavy atom. The lowest BCUT2D eigenvalue weighted by atomic mass is 9.45. The highest BCUT2D eigenvalue weighted by atomic mass is 16.5. The molecule has 7 atom stereocenters. The summed E-state index contributed by atoms with van der Waals surface area (Å²) in [4.78, 5) is 12.1. The van der Waals surface area contributed by atoms with Crippen molar-refractivity contribution in [1.29, 1.82) is 0 Å². The smallest absolute Gasteiger partial charge is 0.133 e. The van der Waals surface area contributed by atoms with Crippen LogP contribution in [0.5, 0.6) is 0 Å². The van der Waals surface area contributed by atoms with E-state index in [0.29, 0.717) is 28.6 Å². The highest BCUT2D eigenvalue weighted by Crippen LogP contribution is 2.66. The van der Waals surface area contributed by atoms with E-state index in [2.05, 4.69) is 44.2 Å². The molecule has 0 heterocycles. The Morgan fingerprint density at radius 2 is 1.71 bits per heavy atom. The van der Waals surface area contributed by atoms with Gasteiger partial charge in [-0.25, -0.2) is 0 Å². The van der Waals surface area contributed by atoms with Crippen molar-refractivity contribution in [2.75, 3.05) is 0 Å². The fourth-order valence-electron chi connectivity index (χ4n) is 8.04. The molecule has 2 heteroatoms. The molecular weight excluding hydrogens is 344 g/mol. The van der Waals surface area contributed by atoms with Gasteiger partial charge >= 0.3 is 0 Å². The number of hydrogen-bond donors (Lipinski definition) is 0. The molecule has 0 aromatic heterocycles. The van der Waals surface area contributed by atoms with Crippen LogP contribution in [-0.2, 0) is 16.1 Å². The summed E-state index contributed by atoms with van der Waals surface area (Å²) in [5, 5.41) is 0. The van der Waals surface area contributed by atoms with E-state index < -0.39 is 0 Å². The molecule has 0 saturated heterocycles. The van der Waals surface area contributed by atoms with Crippen LogP contribution in [0.2, 0.25) is 0 Å². The van der Waals surface area contributed by atoms with E-state index in [-0.39, 0.29) is 0 Å². The third-order valence-corrected chi connectivity index (χ3v) is 9.69. The Hall–Kier alpha value is -1.15. The van der Waals surface area contributed by atoms with Gasteiger partial charge in [-0.15, -0.1) is 0 Å². The van der Waals surface area contributed by atoms with Crippen molar-refractivity contribution in [3.05, 3.63) is 35.9 Å². The van der Waals surface area contributed by atoms with Crippen LogP contribution in [0, 0.1) is 34.5 Å². The molecule has 4 unspecified atom stereocenters. The van der Waals surface area contributed by atoms with Crippen molar-refractivity contribution in [3.8, 4) is 0 Å². The van der Waals surface area contributed by atoms with Crippen molar-refractivity contribution in [2.24, 2.45) is 34.5 Å². The molecule has 0 spiro atoms. The van der Waals surface area contributed by atoms with Gasteiger partial charge in [0.1, 0.15) is 5.78 Å². The third kappa shape index (κ3) is 2.90. The number of hydrogen-bond acceptors (Lipinski definition) is 2. The van der Waals surface area contributed by atoms with Gasteiger partial charge in [0.05, 0.1) is 12.7 Å². The van der Waals surface area contributed by atoms with Crippen molar-refractivity contribution in [1.82, 2.24) is 0 Å². The molecule has 4 saturated carbocycles. The molecule has 0 radical (unpaired) electrons. The molecule has 4 fully saturated rings. The van der Waals surface area contributed by atoms with E-state index in [0.717, 1.165) is 43.6 Å². The lowest BCUT2D eigenvalue weighted by molar-refractivity contribution is -0.146. The lowest BCUT2D eigenvalue weighted by Crippen LogP contribution is -2.54. The summed E-state index contributed by atoms with van der Waals surface area (Å²) in [6.45, 7) is 5.83. The molecule has 1 aromatic carbocycles. The van der Waals surface area contributed by atoms with Crippen LogP contribution in [0.4, 0.5) is 0 Å². The van der Waals surface area contributed by atoms with Gasteiger partial charge in [-0.05, 0) is 85.0 Å². The summed E-state index contributed by atoms with van der Waals surface area (Å²) in [5.74, 6) is 3.70. The summed E-state index contributed by atoms with van der Waals surface area (Å²) >= 11 is 0. The van der Waals surface area contributed by atoms with Crippen molar-refractivity contribution in [3.63, 3.8) is 0 Å². The molecule has 28 heavy (non-hydrogen) atoms. The predicted molar refractivity (Wildman–Crippen MR) is 112 cm³/mol. The van der Waals surface area contributed by atoms with Gasteiger partial charge in [-0.1, -0.05) is 44.2 Å². The molecular formula is C26H36O2. The maximum atomic E-state index is 12.1. The minimum absolute atomic E-state index is 0.351. The second-order valence-electron chi connectivity index (χ2n) is 10.8. The zero-order chi connectivity index (χ0) is 19.4. The van der Waals surface area contributed by atoms with E-state index in [4.69, 9.17) is 4.74 Å². The van der Waals surface area contributed by atoms with Gasteiger partial charge < -0.3 is 4.74 Å². The van der Waals surface area contributed by atoms with Gasteiger partial charge in [0.15, 0.2) is 0 Å². The Morgan fingerprint density at radius 3 is 2.54 bits per heavy atom. The number of Topliss-reactive ketones (excluding diaryl/α,β-unsaturated/α-hetero) is 1. The SMILES string of the molecule is C[C@]12CCC3C(CC[C@H]4CC(=O)CC[C@]34C)C1CCC2OCc1ccccc1. The van der Waals surface area contributed by atoms with E-state index in [9.17, 15) is 4.79 Å². The molecule has 4 aliphatic carbocycles. The molecule has 152 valence electrons. The van der Waals surface area contributed by atoms with Gasteiger partial charge in [0.25, 0.3) is 0 Å². The Bertz CT molecular complexity index is 727. The normalized spacial score (nSPS) is 45.2. The second kappa shape index (κ2) is 6.97. The maximum absolute atomic E-state index is 12.1. The Kier molecular flexibility index (Phi) is 4.69. The number of rotatable bonds is 3. The first-order valence-corrected chi connectivity index (χ1v) is 11.7. The van der Waals surface area contributed by atoms with Crippen LogP contribution < -0.4 is 0 Å². The van der Waals surface area contributed by atoms with Crippen molar-refractivity contribution in [2.45, 2.75) is 84.3 Å². The maximum Gasteiger partial charge on any atom is 0.133 e. The number of carbonyl (C=O) groups is 1. The largest absolute Gasteiger partial charge is 0.373 e. The minimum atomic E-state index is 0.351. The van der Waals surface area contributed by atoms with Crippen LogP contribution in [0.25, 0.3) is 0 Å². The van der Waals surface area contributed by atoms with E-state index in [1.165, 1.54) is 44.1 Å². The van der Waals surface area contributed by atoms with Crippen LogP contribution >= 0.6 is 0 Å². The summed E-state index contributed by atoms with van der Waals surface area (Å²) < 4.78 is 6.54. The molecule has 0 amide bonds. The quantitative estimate of drug-likeness (QED) is 0.625. The van der Waals surface area contributed by atoms with Crippen LogP contribution in [0.15, 0.2) is 30.3 Å². The lowest BCUT2D eigenvalue weighted by Gasteiger charge is -2.60. The van der Waals surface area contributed by atoms with Crippen LogP contribution in [0.1, 0.15) is 77.2 Å². The van der Waals surface area contributed by atoms with E-state index in [1.807, 2.05) is 0 Å². The fraction of sp³-hybridized carbons (Fsp3) is 0.731. The molecule has 0 aliphatic heterocycles. The van der Waals surface area contributed by atoms with Gasteiger partial charge in [-0.2, -0.15) is 0 Å². The number of ether oxygens (including phenoxy) is 1. The summed E-state index contributed by atoms with van der Waals surface area (Å²) in [7, 11) is 0. The Labute approximate surface area is 170 Å². The summed E-state index contributed by atoms with van der Waals surface area (Å²) in [6.07, 6.45) is 11.1. The summed E-state index contributed by atoms with van der Waals surface area (Å²) in [5.41, 5.74) is 2.06. The molecule has 1 aromatic rings. The van der Waals surface area contributed by atoms with E-state index >= 15 is 0 Å². The first kappa shape index (κ1) is 18.9. The van der Waals surface area contributed by atoms with E-state index in [1.54, 1.807) is 0 Å². The number of carbonyl (C=O) groups excluding carboxylic acids is 1.